The first-order valence-corrected chi connectivity index (χ1v) is 10.5. The van der Waals surface area contributed by atoms with Gasteiger partial charge in [-0.15, -0.1) is 0 Å². The number of nitro groups is 1. The van der Waals surface area contributed by atoms with Gasteiger partial charge in [-0.2, -0.15) is 0 Å². The fourth-order valence-electron chi connectivity index (χ4n) is 3.85. The summed E-state index contributed by atoms with van der Waals surface area (Å²) in [5, 5.41) is 13.9. The van der Waals surface area contributed by atoms with Gasteiger partial charge in [-0.05, 0) is 69.4 Å². The molecular formula is C23H29N3O3. The normalized spacial score (nSPS) is 15.6. The van der Waals surface area contributed by atoms with Crippen LogP contribution in [0.1, 0.15) is 60.5 Å². The molecule has 1 amide bonds. The Bertz CT molecular complexity index is 787. The van der Waals surface area contributed by atoms with E-state index in [-0.39, 0.29) is 17.6 Å². The predicted octanol–water partition coefficient (Wildman–Crippen LogP) is 4.72. The summed E-state index contributed by atoms with van der Waals surface area (Å²) in [5.41, 5.74) is 1.50. The first-order chi connectivity index (χ1) is 14.1. The lowest BCUT2D eigenvalue weighted by molar-refractivity contribution is -0.384. The van der Waals surface area contributed by atoms with Crippen LogP contribution >= 0.6 is 0 Å². The van der Waals surface area contributed by atoms with Gasteiger partial charge in [-0.1, -0.05) is 36.8 Å². The minimum atomic E-state index is -0.462. The molecule has 0 radical (unpaired) electrons. The number of nitro benzene ring substituents is 1. The van der Waals surface area contributed by atoms with Gasteiger partial charge in [-0.25, -0.2) is 0 Å². The molecule has 0 saturated carbocycles. The van der Waals surface area contributed by atoms with Crippen LogP contribution in [0, 0.1) is 10.1 Å². The fourth-order valence-corrected chi connectivity index (χ4v) is 3.85. The molecular weight excluding hydrogens is 366 g/mol. The van der Waals surface area contributed by atoms with E-state index >= 15 is 0 Å². The number of amides is 1. The molecule has 29 heavy (non-hydrogen) atoms. The number of non-ortho nitro benzene ring substituents is 1. The van der Waals surface area contributed by atoms with Crippen LogP contribution in [0.3, 0.4) is 0 Å². The molecule has 2 aromatic carbocycles. The lowest BCUT2D eigenvalue weighted by Crippen LogP contribution is -2.31. The van der Waals surface area contributed by atoms with Crippen molar-refractivity contribution >= 4 is 11.6 Å². The molecule has 1 saturated heterocycles. The molecule has 1 atom stereocenters. The van der Waals surface area contributed by atoms with Gasteiger partial charge in [0, 0.05) is 17.7 Å². The SMILES string of the molecule is O=C(NC(CCCCN1CCCCC1)c1ccccc1)c1ccc([N+](=O)[O-])cc1. The van der Waals surface area contributed by atoms with E-state index in [0.29, 0.717) is 5.56 Å². The van der Waals surface area contributed by atoms with E-state index in [4.69, 9.17) is 0 Å². The third kappa shape index (κ3) is 6.39. The predicted molar refractivity (Wildman–Crippen MR) is 114 cm³/mol. The van der Waals surface area contributed by atoms with Crippen LogP contribution < -0.4 is 5.32 Å². The molecule has 1 aliphatic rings. The lowest BCUT2D eigenvalue weighted by atomic mass is 10.00. The topological polar surface area (TPSA) is 75.5 Å². The Morgan fingerprint density at radius 2 is 1.69 bits per heavy atom. The van der Waals surface area contributed by atoms with Crippen molar-refractivity contribution in [2.24, 2.45) is 0 Å². The molecule has 0 spiro atoms. The second kappa shape index (κ2) is 10.7. The van der Waals surface area contributed by atoms with Crippen LogP contribution in [0.4, 0.5) is 5.69 Å². The van der Waals surface area contributed by atoms with Crippen LogP contribution in [0.5, 0.6) is 0 Å². The number of hydrogen-bond acceptors (Lipinski definition) is 4. The number of carbonyl (C=O) groups excluding carboxylic acids is 1. The number of rotatable bonds is 9. The number of nitrogens with zero attached hydrogens (tertiary/aromatic N) is 2. The van der Waals surface area contributed by atoms with Gasteiger partial charge in [-0.3, -0.25) is 14.9 Å². The highest BCUT2D eigenvalue weighted by Crippen LogP contribution is 2.21. The van der Waals surface area contributed by atoms with Crippen LogP contribution in [0.25, 0.3) is 0 Å². The first-order valence-electron chi connectivity index (χ1n) is 10.5. The molecule has 1 unspecified atom stereocenters. The van der Waals surface area contributed by atoms with Gasteiger partial charge in [0.05, 0.1) is 11.0 Å². The molecule has 3 rings (SSSR count). The van der Waals surface area contributed by atoms with Crippen molar-refractivity contribution in [2.75, 3.05) is 19.6 Å². The molecule has 154 valence electrons. The zero-order valence-corrected chi connectivity index (χ0v) is 16.8. The smallest absolute Gasteiger partial charge is 0.269 e. The van der Waals surface area contributed by atoms with Gasteiger partial charge in [0.1, 0.15) is 0 Å². The number of unbranched alkanes of at least 4 members (excludes halogenated alkanes) is 1. The second-order valence-electron chi connectivity index (χ2n) is 7.64. The van der Waals surface area contributed by atoms with E-state index < -0.39 is 4.92 Å². The van der Waals surface area contributed by atoms with Crippen molar-refractivity contribution in [1.82, 2.24) is 10.2 Å². The number of carbonyl (C=O) groups is 1. The van der Waals surface area contributed by atoms with Gasteiger partial charge in [0.15, 0.2) is 0 Å². The summed E-state index contributed by atoms with van der Waals surface area (Å²) >= 11 is 0. The number of piperidine rings is 1. The Balaban J connectivity index is 1.58. The first kappa shape index (κ1) is 21.0. The Morgan fingerprint density at radius 1 is 1.00 bits per heavy atom. The summed E-state index contributed by atoms with van der Waals surface area (Å²) in [5.74, 6) is -0.204. The third-order valence-electron chi connectivity index (χ3n) is 5.51. The standard InChI is InChI=1S/C23H29N3O3/c27-23(20-12-14-21(15-13-20)26(28)29)24-22(19-9-3-1-4-10-19)11-5-8-18-25-16-6-2-7-17-25/h1,3-4,9-10,12-15,22H,2,5-8,11,16-18H2,(H,24,27). The summed E-state index contributed by atoms with van der Waals surface area (Å²) in [4.78, 5) is 25.6. The summed E-state index contributed by atoms with van der Waals surface area (Å²) in [6.45, 7) is 3.54. The van der Waals surface area contributed by atoms with Crippen molar-refractivity contribution in [2.45, 2.75) is 44.6 Å². The minimum absolute atomic E-state index is 0.0149. The average molecular weight is 396 g/mol. The maximum atomic E-state index is 12.7. The Kier molecular flexibility index (Phi) is 7.76. The van der Waals surface area contributed by atoms with E-state index in [1.807, 2.05) is 30.3 Å². The highest BCUT2D eigenvalue weighted by Gasteiger charge is 2.17. The van der Waals surface area contributed by atoms with Crippen molar-refractivity contribution in [3.63, 3.8) is 0 Å². The van der Waals surface area contributed by atoms with Crippen molar-refractivity contribution in [3.8, 4) is 0 Å². The summed E-state index contributed by atoms with van der Waals surface area (Å²) < 4.78 is 0. The van der Waals surface area contributed by atoms with Crippen molar-refractivity contribution in [1.29, 1.82) is 0 Å². The quantitative estimate of drug-likeness (QED) is 0.379. The zero-order chi connectivity index (χ0) is 20.5. The molecule has 0 aromatic heterocycles. The molecule has 1 N–H and O–H groups in total. The van der Waals surface area contributed by atoms with Crippen LogP contribution in [-0.2, 0) is 0 Å². The van der Waals surface area contributed by atoms with E-state index in [2.05, 4.69) is 10.2 Å². The number of nitrogens with one attached hydrogen (secondary N) is 1. The van der Waals surface area contributed by atoms with E-state index in [1.54, 1.807) is 0 Å². The highest BCUT2D eigenvalue weighted by molar-refractivity contribution is 5.94. The van der Waals surface area contributed by atoms with E-state index in [0.717, 1.165) is 31.4 Å². The number of hydrogen-bond donors (Lipinski definition) is 1. The van der Waals surface area contributed by atoms with Crippen LogP contribution in [-0.4, -0.2) is 35.4 Å². The van der Waals surface area contributed by atoms with Gasteiger partial charge in [0.25, 0.3) is 11.6 Å². The van der Waals surface area contributed by atoms with E-state index in [1.165, 1.54) is 56.6 Å². The largest absolute Gasteiger partial charge is 0.345 e. The van der Waals surface area contributed by atoms with Gasteiger partial charge < -0.3 is 10.2 Å². The fraction of sp³-hybridized carbons (Fsp3) is 0.435. The van der Waals surface area contributed by atoms with E-state index in [9.17, 15) is 14.9 Å². The molecule has 2 aromatic rings. The maximum Gasteiger partial charge on any atom is 0.269 e. The molecule has 1 heterocycles. The highest BCUT2D eigenvalue weighted by atomic mass is 16.6. The van der Waals surface area contributed by atoms with Gasteiger partial charge >= 0.3 is 0 Å². The number of likely N-dealkylation sites (tertiary alicyclic amines) is 1. The maximum absolute atomic E-state index is 12.7. The molecule has 1 fully saturated rings. The zero-order valence-electron chi connectivity index (χ0n) is 16.8. The van der Waals surface area contributed by atoms with Crippen LogP contribution in [0.15, 0.2) is 54.6 Å². The Morgan fingerprint density at radius 3 is 2.34 bits per heavy atom. The van der Waals surface area contributed by atoms with Crippen LogP contribution in [0.2, 0.25) is 0 Å². The van der Waals surface area contributed by atoms with Gasteiger partial charge in [0.2, 0.25) is 0 Å². The summed E-state index contributed by atoms with van der Waals surface area (Å²) in [7, 11) is 0. The van der Waals surface area contributed by atoms with Crippen molar-refractivity contribution in [3.05, 3.63) is 75.8 Å². The number of benzene rings is 2. The molecule has 6 heteroatoms. The Hall–Kier alpha value is -2.73. The Labute approximate surface area is 172 Å². The molecule has 0 bridgehead atoms. The summed E-state index contributed by atoms with van der Waals surface area (Å²) in [6, 6.07) is 15.7. The van der Waals surface area contributed by atoms with Crippen molar-refractivity contribution < 1.29 is 9.72 Å². The minimum Gasteiger partial charge on any atom is -0.345 e. The molecule has 0 aliphatic carbocycles. The lowest BCUT2D eigenvalue weighted by Gasteiger charge is -2.26. The molecule has 6 nitrogen and oxygen atoms in total. The summed E-state index contributed by atoms with van der Waals surface area (Å²) in [6.07, 6.45) is 6.99. The second-order valence-corrected chi connectivity index (χ2v) is 7.64. The average Bonchev–Trinajstić information content (AvgIpc) is 2.77. The monoisotopic (exact) mass is 395 g/mol. The molecule has 1 aliphatic heterocycles. The third-order valence-corrected chi connectivity index (χ3v) is 5.51.